The van der Waals surface area contributed by atoms with Gasteiger partial charge >= 0.3 is 0 Å². The second-order valence-corrected chi connectivity index (χ2v) is 6.03. The number of aromatic nitrogens is 2. The lowest BCUT2D eigenvalue weighted by molar-refractivity contribution is 0.625. The first kappa shape index (κ1) is 14.3. The zero-order valence-electron chi connectivity index (χ0n) is 12.8. The minimum Gasteiger partial charge on any atom is -0.350 e. The van der Waals surface area contributed by atoms with Gasteiger partial charge in [-0.2, -0.15) is 4.98 Å². The molecule has 0 fully saturated rings. The number of benzene rings is 1. The van der Waals surface area contributed by atoms with Crippen molar-refractivity contribution >= 4 is 17.5 Å². The van der Waals surface area contributed by atoms with Gasteiger partial charge in [0.25, 0.3) is 0 Å². The van der Waals surface area contributed by atoms with E-state index < -0.39 is 0 Å². The van der Waals surface area contributed by atoms with Gasteiger partial charge in [0.1, 0.15) is 5.82 Å². The van der Waals surface area contributed by atoms with Gasteiger partial charge in [-0.05, 0) is 46.2 Å². The number of hydrogen-bond donors (Lipinski definition) is 2. The van der Waals surface area contributed by atoms with E-state index in [1.54, 1.807) is 0 Å². The van der Waals surface area contributed by atoms with Crippen LogP contribution in [0.3, 0.4) is 0 Å². The molecule has 2 aromatic rings. The van der Waals surface area contributed by atoms with E-state index in [9.17, 15) is 0 Å². The molecule has 0 saturated heterocycles. The summed E-state index contributed by atoms with van der Waals surface area (Å²) in [5, 5.41) is 6.65. The summed E-state index contributed by atoms with van der Waals surface area (Å²) < 4.78 is 0. The van der Waals surface area contributed by atoms with Gasteiger partial charge in [-0.3, -0.25) is 0 Å². The average Bonchev–Trinajstić information content (AvgIpc) is 2.29. The van der Waals surface area contributed by atoms with Crippen LogP contribution in [0.2, 0.25) is 0 Å². The van der Waals surface area contributed by atoms with Gasteiger partial charge in [-0.1, -0.05) is 18.2 Å². The highest BCUT2D eigenvalue weighted by atomic mass is 15.2. The fourth-order valence-corrected chi connectivity index (χ4v) is 1.88. The van der Waals surface area contributed by atoms with Crippen molar-refractivity contribution in [3.05, 3.63) is 41.6 Å². The standard InChI is InChI=1S/C16H22N4/c1-11-8-6-7-9-13(11)18-14-10-12(2)17-15(19-14)20-16(3,4)5/h6-10H,1-5H3,(H2,17,18,19,20). The summed E-state index contributed by atoms with van der Waals surface area (Å²) in [6.07, 6.45) is 0. The van der Waals surface area contributed by atoms with Gasteiger partial charge in [-0.25, -0.2) is 4.98 Å². The van der Waals surface area contributed by atoms with Crippen LogP contribution in [0.5, 0.6) is 0 Å². The van der Waals surface area contributed by atoms with E-state index in [1.807, 2.05) is 31.2 Å². The maximum Gasteiger partial charge on any atom is 0.225 e. The van der Waals surface area contributed by atoms with Crippen molar-refractivity contribution in [2.75, 3.05) is 10.6 Å². The van der Waals surface area contributed by atoms with Crippen molar-refractivity contribution in [3.63, 3.8) is 0 Å². The zero-order chi connectivity index (χ0) is 14.8. The smallest absolute Gasteiger partial charge is 0.225 e. The zero-order valence-corrected chi connectivity index (χ0v) is 12.8. The molecule has 20 heavy (non-hydrogen) atoms. The first-order valence-corrected chi connectivity index (χ1v) is 6.80. The summed E-state index contributed by atoms with van der Waals surface area (Å²) in [5.74, 6) is 1.45. The minimum atomic E-state index is -0.0618. The van der Waals surface area contributed by atoms with Gasteiger partial charge in [-0.15, -0.1) is 0 Å². The molecular weight excluding hydrogens is 248 g/mol. The quantitative estimate of drug-likeness (QED) is 0.883. The first-order chi connectivity index (χ1) is 9.33. The lowest BCUT2D eigenvalue weighted by Crippen LogP contribution is -2.27. The Morgan fingerprint density at radius 2 is 1.70 bits per heavy atom. The van der Waals surface area contributed by atoms with Crippen LogP contribution in [0.1, 0.15) is 32.0 Å². The number of nitrogens with zero attached hydrogens (tertiary/aromatic N) is 2. The number of para-hydroxylation sites is 1. The third-order valence-electron chi connectivity index (χ3n) is 2.75. The monoisotopic (exact) mass is 270 g/mol. The Hall–Kier alpha value is -2.10. The molecular formula is C16H22N4. The molecule has 0 bridgehead atoms. The van der Waals surface area contributed by atoms with Crippen molar-refractivity contribution in [1.29, 1.82) is 0 Å². The molecule has 0 aliphatic heterocycles. The topological polar surface area (TPSA) is 49.8 Å². The van der Waals surface area contributed by atoms with Crippen LogP contribution in [0.25, 0.3) is 0 Å². The molecule has 106 valence electrons. The molecule has 1 aromatic heterocycles. The Bertz CT molecular complexity index is 600. The molecule has 1 heterocycles. The van der Waals surface area contributed by atoms with E-state index in [0.29, 0.717) is 5.95 Å². The molecule has 0 radical (unpaired) electrons. The predicted molar refractivity (Wildman–Crippen MR) is 84.6 cm³/mol. The molecule has 2 N–H and O–H groups in total. The summed E-state index contributed by atoms with van der Waals surface area (Å²) >= 11 is 0. The van der Waals surface area contributed by atoms with Crippen molar-refractivity contribution in [2.24, 2.45) is 0 Å². The van der Waals surface area contributed by atoms with Crippen LogP contribution in [0.4, 0.5) is 17.5 Å². The van der Waals surface area contributed by atoms with Crippen molar-refractivity contribution in [3.8, 4) is 0 Å². The molecule has 0 saturated carbocycles. The number of anilines is 3. The number of rotatable bonds is 3. The van der Waals surface area contributed by atoms with Crippen molar-refractivity contribution < 1.29 is 0 Å². The third-order valence-corrected chi connectivity index (χ3v) is 2.75. The van der Waals surface area contributed by atoms with Gasteiger partial charge in [0.2, 0.25) is 5.95 Å². The normalized spacial score (nSPS) is 11.2. The highest BCUT2D eigenvalue weighted by Crippen LogP contribution is 2.20. The maximum atomic E-state index is 4.52. The summed E-state index contributed by atoms with van der Waals surface area (Å²) in [5.41, 5.74) is 3.12. The van der Waals surface area contributed by atoms with Crippen molar-refractivity contribution in [2.45, 2.75) is 40.2 Å². The van der Waals surface area contributed by atoms with Crippen LogP contribution in [-0.2, 0) is 0 Å². The highest BCUT2D eigenvalue weighted by Gasteiger charge is 2.12. The predicted octanol–water partition coefficient (Wildman–Crippen LogP) is 4.05. The Morgan fingerprint density at radius 1 is 1.00 bits per heavy atom. The molecule has 0 atom stereocenters. The SMILES string of the molecule is Cc1cc(Nc2ccccc2C)nc(NC(C)(C)C)n1. The van der Waals surface area contributed by atoms with Crippen LogP contribution in [0.15, 0.2) is 30.3 Å². The fourth-order valence-electron chi connectivity index (χ4n) is 1.88. The Kier molecular flexibility index (Phi) is 3.93. The molecule has 0 aliphatic rings. The second kappa shape index (κ2) is 5.49. The summed E-state index contributed by atoms with van der Waals surface area (Å²) in [4.78, 5) is 8.94. The molecule has 0 aliphatic carbocycles. The van der Waals surface area contributed by atoms with E-state index in [1.165, 1.54) is 5.56 Å². The third kappa shape index (κ3) is 3.95. The largest absolute Gasteiger partial charge is 0.350 e. The Labute approximate surface area is 120 Å². The molecule has 4 nitrogen and oxygen atoms in total. The van der Waals surface area contributed by atoms with E-state index in [0.717, 1.165) is 17.2 Å². The van der Waals surface area contributed by atoms with E-state index in [-0.39, 0.29) is 5.54 Å². The molecule has 2 rings (SSSR count). The lowest BCUT2D eigenvalue weighted by Gasteiger charge is -2.21. The van der Waals surface area contributed by atoms with Gasteiger partial charge in [0, 0.05) is 23.0 Å². The average molecular weight is 270 g/mol. The molecule has 1 aromatic carbocycles. The van der Waals surface area contributed by atoms with Crippen LogP contribution < -0.4 is 10.6 Å². The number of nitrogens with one attached hydrogen (secondary N) is 2. The molecule has 0 amide bonds. The van der Waals surface area contributed by atoms with Gasteiger partial charge in [0.05, 0.1) is 0 Å². The molecule has 0 unspecified atom stereocenters. The van der Waals surface area contributed by atoms with Crippen LogP contribution in [-0.4, -0.2) is 15.5 Å². The maximum absolute atomic E-state index is 4.52. The van der Waals surface area contributed by atoms with Crippen LogP contribution in [0, 0.1) is 13.8 Å². The van der Waals surface area contributed by atoms with Gasteiger partial charge in [0.15, 0.2) is 0 Å². The summed E-state index contributed by atoms with van der Waals surface area (Å²) in [6.45, 7) is 10.3. The summed E-state index contributed by atoms with van der Waals surface area (Å²) in [6, 6.07) is 10.1. The van der Waals surface area contributed by atoms with E-state index >= 15 is 0 Å². The highest BCUT2D eigenvalue weighted by molar-refractivity contribution is 5.61. The Balaban J connectivity index is 2.27. The molecule has 0 spiro atoms. The molecule has 4 heteroatoms. The van der Waals surface area contributed by atoms with Gasteiger partial charge < -0.3 is 10.6 Å². The minimum absolute atomic E-state index is 0.0618. The Morgan fingerprint density at radius 3 is 2.35 bits per heavy atom. The van der Waals surface area contributed by atoms with E-state index in [2.05, 4.69) is 54.4 Å². The summed E-state index contributed by atoms with van der Waals surface area (Å²) in [7, 11) is 0. The number of aryl methyl sites for hydroxylation is 2. The van der Waals surface area contributed by atoms with Crippen molar-refractivity contribution in [1.82, 2.24) is 9.97 Å². The lowest BCUT2D eigenvalue weighted by atomic mass is 10.1. The second-order valence-electron chi connectivity index (χ2n) is 6.03. The first-order valence-electron chi connectivity index (χ1n) is 6.80. The van der Waals surface area contributed by atoms with E-state index in [4.69, 9.17) is 0 Å². The van der Waals surface area contributed by atoms with Crippen LogP contribution >= 0.6 is 0 Å². The fraction of sp³-hybridized carbons (Fsp3) is 0.375. The number of hydrogen-bond acceptors (Lipinski definition) is 4.